The lowest BCUT2D eigenvalue weighted by molar-refractivity contribution is 0.253. The highest BCUT2D eigenvalue weighted by Crippen LogP contribution is 2.44. The van der Waals surface area contributed by atoms with Gasteiger partial charge in [-0.15, -0.1) is 0 Å². The van der Waals surface area contributed by atoms with Crippen LogP contribution in [-0.4, -0.2) is 13.7 Å². The van der Waals surface area contributed by atoms with Gasteiger partial charge in [0.05, 0.1) is 7.11 Å². The Hall–Kier alpha value is -1.02. The van der Waals surface area contributed by atoms with Crippen molar-refractivity contribution in [2.45, 2.75) is 58.8 Å². The van der Waals surface area contributed by atoms with Crippen LogP contribution in [-0.2, 0) is 6.42 Å². The minimum Gasteiger partial charge on any atom is -0.496 e. The van der Waals surface area contributed by atoms with Crippen LogP contribution in [0, 0.1) is 19.3 Å². The first-order valence-corrected chi connectivity index (χ1v) is 7.94. The van der Waals surface area contributed by atoms with E-state index in [4.69, 9.17) is 10.5 Å². The molecule has 0 heterocycles. The molecule has 1 aromatic carbocycles. The fourth-order valence-corrected chi connectivity index (χ4v) is 3.97. The zero-order valence-electron chi connectivity index (χ0n) is 13.3. The molecule has 0 aromatic heterocycles. The summed E-state index contributed by atoms with van der Waals surface area (Å²) in [5.74, 6) is 1.03. The smallest absolute Gasteiger partial charge is 0.124 e. The molecule has 0 aliphatic heterocycles. The van der Waals surface area contributed by atoms with E-state index in [1.807, 2.05) is 0 Å². The minimum atomic E-state index is 0.524. The van der Waals surface area contributed by atoms with Crippen molar-refractivity contribution in [3.63, 3.8) is 0 Å². The molecular weight excluding hydrogens is 246 g/mol. The Balaban J connectivity index is 2.06. The summed E-state index contributed by atoms with van der Waals surface area (Å²) >= 11 is 0. The van der Waals surface area contributed by atoms with Crippen LogP contribution in [0.15, 0.2) is 12.1 Å². The van der Waals surface area contributed by atoms with Gasteiger partial charge < -0.3 is 10.5 Å². The van der Waals surface area contributed by atoms with Gasteiger partial charge in [0.1, 0.15) is 5.75 Å². The molecule has 2 N–H and O–H groups in total. The van der Waals surface area contributed by atoms with Crippen LogP contribution >= 0.6 is 0 Å². The Kier molecular flexibility index (Phi) is 5.09. The topological polar surface area (TPSA) is 35.2 Å². The maximum absolute atomic E-state index is 5.83. The van der Waals surface area contributed by atoms with Gasteiger partial charge >= 0.3 is 0 Å². The molecule has 1 aromatic rings. The first kappa shape index (κ1) is 15.4. The monoisotopic (exact) mass is 275 g/mol. The Morgan fingerprint density at radius 3 is 2.20 bits per heavy atom. The molecule has 2 nitrogen and oxygen atoms in total. The van der Waals surface area contributed by atoms with E-state index in [-0.39, 0.29) is 0 Å². The summed E-state index contributed by atoms with van der Waals surface area (Å²) in [7, 11) is 1.75. The highest BCUT2D eigenvalue weighted by Gasteiger charge is 2.32. The summed E-state index contributed by atoms with van der Waals surface area (Å²) in [6, 6.07) is 4.58. The van der Waals surface area contributed by atoms with Crippen LogP contribution in [0.25, 0.3) is 0 Å². The summed E-state index contributed by atoms with van der Waals surface area (Å²) in [5, 5.41) is 0. The molecule has 112 valence electrons. The maximum atomic E-state index is 5.83. The van der Waals surface area contributed by atoms with E-state index >= 15 is 0 Å². The van der Waals surface area contributed by atoms with Gasteiger partial charge in [-0.25, -0.2) is 0 Å². The highest BCUT2D eigenvalue weighted by atomic mass is 16.5. The van der Waals surface area contributed by atoms with E-state index in [2.05, 4.69) is 26.0 Å². The van der Waals surface area contributed by atoms with Gasteiger partial charge in [0, 0.05) is 0 Å². The van der Waals surface area contributed by atoms with Crippen LogP contribution in [0.5, 0.6) is 5.75 Å². The summed E-state index contributed by atoms with van der Waals surface area (Å²) in [5.41, 5.74) is 10.3. The minimum absolute atomic E-state index is 0.524. The normalized spacial score (nSPS) is 17.4. The van der Waals surface area contributed by atoms with Gasteiger partial charge in [-0.3, -0.25) is 0 Å². The first-order valence-electron chi connectivity index (χ1n) is 7.94. The van der Waals surface area contributed by atoms with Gasteiger partial charge in [0.25, 0.3) is 0 Å². The van der Waals surface area contributed by atoms with E-state index in [9.17, 15) is 0 Å². The van der Waals surface area contributed by atoms with Crippen molar-refractivity contribution in [3.05, 3.63) is 28.8 Å². The zero-order valence-corrected chi connectivity index (χ0v) is 13.3. The largest absolute Gasteiger partial charge is 0.496 e. The number of benzene rings is 1. The lowest BCUT2D eigenvalue weighted by atomic mass is 9.77. The second-order valence-electron chi connectivity index (χ2n) is 6.51. The third-order valence-electron chi connectivity index (χ3n) is 5.01. The van der Waals surface area contributed by atoms with Crippen LogP contribution in [0.3, 0.4) is 0 Å². The number of ether oxygens (including phenoxy) is 1. The predicted octanol–water partition coefficient (Wildman–Crippen LogP) is 4.15. The number of nitrogens with two attached hydrogens (primary N) is 1. The number of hydrogen-bond acceptors (Lipinski definition) is 2. The van der Waals surface area contributed by atoms with Gasteiger partial charge in [-0.1, -0.05) is 25.0 Å². The molecule has 0 atom stereocenters. The summed E-state index contributed by atoms with van der Waals surface area (Å²) in [6.07, 6.45) is 9.18. The van der Waals surface area contributed by atoms with Gasteiger partial charge in [0.2, 0.25) is 0 Å². The van der Waals surface area contributed by atoms with E-state index in [0.717, 1.165) is 12.3 Å². The second kappa shape index (κ2) is 6.62. The number of methoxy groups -OCH3 is 1. The lowest BCUT2D eigenvalue weighted by Gasteiger charge is -2.28. The molecule has 1 saturated carbocycles. The molecule has 0 saturated heterocycles. The lowest BCUT2D eigenvalue weighted by Crippen LogP contribution is -2.21. The van der Waals surface area contributed by atoms with Gasteiger partial charge in [0.15, 0.2) is 0 Å². The van der Waals surface area contributed by atoms with Crippen molar-refractivity contribution in [1.82, 2.24) is 0 Å². The van der Waals surface area contributed by atoms with Crippen LogP contribution in [0.4, 0.5) is 0 Å². The fraction of sp³-hybridized carbons (Fsp3) is 0.667. The van der Waals surface area contributed by atoms with Crippen molar-refractivity contribution >= 4 is 0 Å². The molecule has 0 radical (unpaired) electrons. The number of aryl methyl sites for hydroxylation is 3. The standard InChI is InChI=1S/C18H29NO/c1-14-12-16(13-15(2)17(14)20-3)6-9-18(10-11-19)7-4-5-8-18/h12-13H,4-11,19H2,1-3H3. The second-order valence-corrected chi connectivity index (χ2v) is 6.51. The van der Waals surface area contributed by atoms with Gasteiger partial charge in [-0.05, 0) is 74.6 Å². The molecule has 0 unspecified atom stereocenters. The highest BCUT2D eigenvalue weighted by molar-refractivity contribution is 5.43. The van der Waals surface area contributed by atoms with E-state index in [0.29, 0.717) is 5.41 Å². The molecule has 1 fully saturated rings. The van der Waals surface area contributed by atoms with E-state index in [1.165, 1.54) is 61.6 Å². The summed E-state index contributed by atoms with van der Waals surface area (Å²) < 4.78 is 5.45. The zero-order chi connectivity index (χ0) is 14.6. The number of rotatable bonds is 6. The molecular formula is C18H29NO. The SMILES string of the molecule is COc1c(C)cc(CCC2(CCN)CCCC2)cc1C. The molecule has 2 rings (SSSR count). The van der Waals surface area contributed by atoms with Crippen LogP contribution < -0.4 is 10.5 Å². The molecule has 2 heteroatoms. The third-order valence-corrected chi connectivity index (χ3v) is 5.01. The van der Waals surface area contributed by atoms with E-state index < -0.39 is 0 Å². The van der Waals surface area contributed by atoms with Crippen molar-refractivity contribution in [1.29, 1.82) is 0 Å². The van der Waals surface area contributed by atoms with E-state index in [1.54, 1.807) is 7.11 Å². The van der Waals surface area contributed by atoms with Crippen molar-refractivity contribution < 1.29 is 4.74 Å². The third kappa shape index (κ3) is 3.35. The number of hydrogen-bond donors (Lipinski definition) is 1. The quantitative estimate of drug-likeness (QED) is 0.846. The molecule has 0 bridgehead atoms. The Bertz CT molecular complexity index is 424. The Morgan fingerprint density at radius 2 is 1.70 bits per heavy atom. The molecule has 1 aliphatic carbocycles. The predicted molar refractivity (Wildman–Crippen MR) is 85.4 cm³/mol. The van der Waals surface area contributed by atoms with Crippen molar-refractivity contribution in [3.8, 4) is 5.75 Å². The fourth-order valence-electron chi connectivity index (χ4n) is 3.97. The maximum Gasteiger partial charge on any atom is 0.124 e. The van der Waals surface area contributed by atoms with Gasteiger partial charge in [-0.2, -0.15) is 0 Å². The molecule has 1 aliphatic rings. The average Bonchev–Trinajstić information content (AvgIpc) is 2.86. The first-order chi connectivity index (χ1) is 9.60. The van der Waals surface area contributed by atoms with Crippen LogP contribution in [0.1, 0.15) is 55.2 Å². The summed E-state index contributed by atoms with van der Waals surface area (Å²) in [4.78, 5) is 0. The molecule has 0 spiro atoms. The van der Waals surface area contributed by atoms with Crippen molar-refractivity contribution in [2.75, 3.05) is 13.7 Å². The van der Waals surface area contributed by atoms with Crippen molar-refractivity contribution in [2.24, 2.45) is 11.1 Å². The molecule has 0 amide bonds. The Morgan fingerprint density at radius 1 is 1.10 bits per heavy atom. The van der Waals surface area contributed by atoms with Crippen LogP contribution in [0.2, 0.25) is 0 Å². The Labute approximate surface area is 123 Å². The summed E-state index contributed by atoms with van der Waals surface area (Å²) in [6.45, 7) is 5.11. The molecule has 20 heavy (non-hydrogen) atoms. The average molecular weight is 275 g/mol.